The van der Waals surface area contributed by atoms with Crippen LogP contribution in [0.1, 0.15) is 18.4 Å². The molecule has 1 aliphatic rings. The summed E-state index contributed by atoms with van der Waals surface area (Å²) in [4.78, 5) is 33.5. The minimum absolute atomic E-state index is 0.00501. The van der Waals surface area contributed by atoms with Gasteiger partial charge in [-0.25, -0.2) is 9.37 Å². The predicted octanol–water partition coefficient (Wildman–Crippen LogP) is 2.10. The third kappa shape index (κ3) is 4.47. The highest BCUT2D eigenvalue weighted by molar-refractivity contribution is 5.89. The third-order valence-corrected chi connectivity index (χ3v) is 5.42. The Morgan fingerprint density at radius 3 is 3.07 bits per heavy atom. The number of nitrogens with one attached hydrogen (secondary N) is 2. The Balaban J connectivity index is 1.25. The molecule has 0 bridgehead atoms. The fourth-order valence-corrected chi connectivity index (χ4v) is 3.81. The molecule has 1 fully saturated rings. The molecule has 0 spiro atoms. The van der Waals surface area contributed by atoms with E-state index >= 15 is 0 Å². The summed E-state index contributed by atoms with van der Waals surface area (Å²) in [5.74, 6) is -0.660. The summed E-state index contributed by atoms with van der Waals surface area (Å²) in [5.41, 5.74) is 1.85. The summed E-state index contributed by atoms with van der Waals surface area (Å²) in [6, 6.07) is 4.64. The fraction of sp³-hybridized carbons (Fsp3) is 0.381. The molecule has 1 aliphatic heterocycles. The Kier molecular flexibility index (Phi) is 5.59. The lowest BCUT2D eigenvalue weighted by Gasteiger charge is -2.16. The number of H-pyrrole nitrogens is 1. The maximum Gasteiger partial charge on any atom is 0.225 e. The van der Waals surface area contributed by atoms with Crippen LogP contribution in [-0.2, 0) is 22.6 Å². The van der Waals surface area contributed by atoms with Crippen molar-refractivity contribution in [3.8, 4) is 0 Å². The van der Waals surface area contributed by atoms with Crippen molar-refractivity contribution in [1.29, 1.82) is 0 Å². The Morgan fingerprint density at radius 1 is 1.34 bits per heavy atom. The molecule has 2 N–H and O–H groups in total. The van der Waals surface area contributed by atoms with Crippen molar-refractivity contribution in [2.24, 2.45) is 5.92 Å². The number of hydrogen-bond donors (Lipinski definition) is 2. The van der Waals surface area contributed by atoms with Gasteiger partial charge in [0.1, 0.15) is 5.82 Å². The van der Waals surface area contributed by atoms with Crippen molar-refractivity contribution in [1.82, 2.24) is 24.8 Å². The van der Waals surface area contributed by atoms with E-state index in [1.54, 1.807) is 23.5 Å². The zero-order valence-corrected chi connectivity index (χ0v) is 16.1. The summed E-state index contributed by atoms with van der Waals surface area (Å²) < 4.78 is 15.5. The first-order valence-electron chi connectivity index (χ1n) is 9.87. The van der Waals surface area contributed by atoms with Gasteiger partial charge in [-0.1, -0.05) is 0 Å². The fourth-order valence-electron chi connectivity index (χ4n) is 3.81. The normalized spacial score (nSPS) is 16.7. The first-order valence-corrected chi connectivity index (χ1v) is 9.87. The average molecular weight is 397 g/mol. The number of amides is 2. The second-order valence-electron chi connectivity index (χ2n) is 7.44. The van der Waals surface area contributed by atoms with Gasteiger partial charge in [0.05, 0.1) is 12.2 Å². The second-order valence-corrected chi connectivity index (χ2v) is 7.44. The molecule has 2 amide bonds. The summed E-state index contributed by atoms with van der Waals surface area (Å²) in [6.45, 7) is 2.32. The maximum absolute atomic E-state index is 13.5. The van der Waals surface area contributed by atoms with Crippen molar-refractivity contribution in [3.63, 3.8) is 0 Å². The Labute approximate surface area is 167 Å². The van der Waals surface area contributed by atoms with Crippen LogP contribution in [0.25, 0.3) is 10.9 Å². The zero-order chi connectivity index (χ0) is 20.2. The molecule has 0 aliphatic carbocycles. The molecular formula is C21H24FN5O2. The van der Waals surface area contributed by atoms with E-state index in [0.717, 1.165) is 29.4 Å². The van der Waals surface area contributed by atoms with Gasteiger partial charge in [-0.05, 0) is 36.6 Å². The Bertz CT molecular complexity index is 998. The summed E-state index contributed by atoms with van der Waals surface area (Å²) in [5, 5.41) is 3.77. The number of aromatic amines is 1. The van der Waals surface area contributed by atoms with Crippen LogP contribution in [0.15, 0.2) is 43.1 Å². The van der Waals surface area contributed by atoms with Crippen molar-refractivity contribution in [2.75, 3.05) is 19.6 Å². The minimum Gasteiger partial charge on any atom is -0.361 e. The highest BCUT2D eigenvalue weighted by Gasteiger charge is 2.33. The van der Waals surface area contributed by atoms with Crippen LogP contribution in [0.5, 0.6) is 0 Å². The second kappa shape index (κ2) is 8.46. The molecule has 3 aromatic rings. The van der Waals surface area contributed by atoms with Crippen molar-refractivity contribution < 1.29 is 14.0 Å². The van der Waals surface area contributed by atoms with Crippen LogP contribution >= 0.6 is 0 Å². The summed E-state index contributed by atoms with van der Waals surface area (Å²) in [7, 11) is 0. The van der Waals surface area contributed by atoms with Gasteiger partial charge in [-0.3, -0.25) is 9.59 Å². The molecule has 0 saturated carbocycles. The number of likely N-dealkylation sites (tertiary alicyclic amines) is 1. The number of imidazole rings is 1. The first kappa shape index (κ1) is 19.2. The largest absolute Gasteiger partial charge is 0.361 e. The summed E-state index contributed by atoms with van der Waals surface area (Å²) >= 11 is 0. The number of carbonyl (C=O) groups is 2. The van der Waals surface area contributed by atoms with Gasteiger partial charge >= 0.3 is 0 Å². The molecule has 1 aromatic carbocycles. The number of carbonyl (C=O) groups excluding carboxylic acids is 2. The van der Waals surface area contributed by atoms with E-state index in [1.807, 2.05) is 17.0 Å². The zero-order valence-electron chi connectivity index (χ0n) is 16.1. The van der Waals surface area contributed by atoms with Gasteiger partial charge < -0.3 is 19.8 Å². The predicted molar refractivity (Wildman–Crippen MR) is 107 cm³/mol. The minimum atomic E-state index is -0.309. The van der Waals surface area contributed by atoms with Crippen LogP contribution in [0.4, 0.5) is 4.39 Å². The standard InChI is InChI=1S/C21H24FN5O2/c22-17-2-3-19-18(11-17)15(12-25-19)4-8-27-13-16(10-20(27)28)21(29)24-5-1-7-26-9-6-23-14-26/h2-3,6,9,11-12,14,16,25H,1,4-5,7-8,10,13H2,(H,24,29)/t16-/m0/s1. The molecule has 0 radical (unpaired) electrons. The van der Waals surface area contributed by atoms with Gasteiger partial charge in [0, 0.05) is 62.1 Å². The number of fused-ring (bicyclic) bond motifs is 1. The molecule has 0 unspecified atom stereocenters. The SMILES string of the molecule is O=C(NCCCn1ccnc1)[C@H]1CC(=O)N(CCc2c[nH]c3ccc(F)cc23)C1. The number of rotatable bonds is 8. The van der Waals surface area contributed by atoms with Crippen molar-refractivity contribution in [2.45, 2.75) is 25.8 Å². The van der Waals surface area contributed by atoms with E-state index < -0.39 is 0 Å². The molecular weight excluding hydrogens is 373 g/mol. The number of halogens is 1. The first-order chi connectivity index (χ1) is 14.1. The lowest BCUT2D eigenvalue weighted by atomic mass is 10.1. The molecule has 1 atom stereocenters. The molecule has 29 heavy (non-hydrogen) atoms. The quantitative estimate of drug-likeness (QED) is 0.571. The summed E-state index contributed by atoms with van der Waals surface area (Å²) in [6.07, 6.45) is 8.89. The molecule has 7 nitrogen and oxygen atoms in total. The van der Waals surface area contributed by atoms with E-state index in [0.29, 0.717) is 26.1 Å². The van der Waals surface area contributed by atoms with E-state index in [4.69, 9.17) is 0 Å². The van der Waals surface area contributed by atoms with Gasteiger partial charge in [-0.2, -0.15) is 0 Å². The topological polar surface area (TPSA) is 83.0 Å². The van der Waals surface area contributed by atoms with E-state index in [1.165, 1.54) is 12.1 Å². The number of aromatic nitrogens is 3. The molecule has 8 heteroatoms. The molecule has 3 heterocycles. The smallest absolute Gasteiger partial charge is 0.225 e. The van der Waals surface area contributed by atoms with Gasteiger partial charge in [-0.15, -0.1) is 0 Å². The number of aryl methyl sites for hydroxylation is 1. The molecule has 4 rings (SSSR count). The van der Waals surface area contributed by atoms with Crippen LogP contribution in [-0.4, -0.2) is 50.9 Å². The maximum atomic E-state index is 13.5. The molecule has 152 valence electrons. The number of nitrogens with zero attached hydrogens (tertiary/aromatic N) is 3. The van der Waals surface area contributed by atoms with Gasteiger partial charge in [0.15, 0.2) is 0 Å². The highest BCUT2D eigenvalue weighted by Crippen LogP contribution is 2.22. The van der Waals surface area contributed by atoms with Gasteiger partial charge in [0.25, 0.3) is 0 Å². The van der Waals surface area contributed by atoms with Crippen LogP contribution in [0.2, 0.25) is 0 Å². The molecule has 2 aromatic heterocycles. The lowest BCUT2D eigenvalue weighted by Crippen LogP contribution is -2.34. The van der Waals surface area contributed by atoms with Crippen LogP contribution in [0, 0.1) is 11.7 Å². The lowest BCUT2D eigenvalue weighted by molar-refractivity contribution is -0.129. The van der Waals surface area contributed by atoms with Crippen molar-refractivity contribution >= 4 is 22.7 Å². The van der Waals surface area contributed by atoms with Crippen LogP contribution in [0.3, 0.4) is 0 Å². The number of benzene rings is 1. The third-order valence-electron chi connectivity index (χ3n) is 5.42. The van der Waals surface area contributed by atoms with Crippen molar-refractivity contribution in [3.05, 3.63) is 54.5 Å². The van der Waals surface area contributed by atoms with Gasteiger partial charge in [0.2, 0.25) is 11.8 Å². The van der Waals surface area contributed by atoms with E-state index in [9.17, 15) is 14.0 Å². The van der Waals surface area contributed by atoms with E-state index in [2.05, 4.69) is 15.3 Å². The Morgan fingerprint density at radius 2 is 2.24 bits per heavy atom. The van der Waals surface area contributed by atoms with Crippen LogP contribution < -0.4 is 5.32 Å². The highest BCUT2D eigenvalue weighted by atomic mass is 19.1. The Hall–Kier alpha value is -3.16. The number of hydrogen-bond acceptors (Lipinski definition) is 3. The molecule has 1 saturated heterocycles. The monoisotopic (exact) mass is 397 g/mol. The average Bonchev–Trinajstić information content (AvgIpc) is 3.44. The van der Waals surface area contributed by atoms with E-state index in [-0.39, 0.29) is 30.0 Å².